The van der Waals surface area contributed by atoms with E-state index in [1.54, 1.807) is 6.92 Å². The Morgan fingerprint density at radius 2 is 2.03 bits per heavy atom. The summed E-state index contributed by atoms with van der Waals surface area (Å²) in [6, 6.07) is 1.50. The van der Waals surface area contributed by atoms with E-state index < -0.39 is 56.1 Å². The number of H-pyrrole nitrogens is 1. The molecule has 1 amide bonds. The molecule has 0 bridgehead atoms. The Kier molecular flexibility index (Phi) is 6.38. The van der Waals surface area contributed by atoms with Gasteiger partial charge in [-0.15, -0.1) is 4.68 Å². The Labute approximate surface area is 179 Å². The van der Waals surface area contributed by atoms with Crippen molar-refractivity contribution in [1.29, 1.82) is 0 Å². The second kappa shape index (κ2) is 8.58. The van der Waals surface area contributed by atoms with Crippen molar-refractivity contribution in [3.05, 3.63) is 44.1 Å². The largest absolute Gasteiger partial charge is 0.447 e. The number of amides is 1. The summed E-state index contributed by atoms with van der Waals surface area (Å²) >= 11 is 0. The number of hydrogen-bond donors (Lipinski definition) is 1. The standard InChI is InChI=1S/C18H20F3N3O7S/c1-3-6-31-17(27)24(32(2,28)29)23-15(25)11-8-10(14-5-4-7-30-14)12(18(19,20)21)9-13(11)22-16(23)26/h8-9,14H,3-7H2,1-2H3,(H,22,26). The van der Waals surface area contributed by atoms with Crippen molar-refractivity contribution in [1.82, 2.24) is 9.66 Å². The molecular weight excluding hydrogens is 459 g/mol. The summed E-state index contributed by atoms with van der Waals surface area (Å²) < 4.78 is 75.2. The van der Waals surface area contributed by atoms with Crippen LogP contribution in [0.1, 0.15) is 43.4 Å². The van der Waals surface area contributed by atoms with E-state index in [2.05, 4.69) is 0 Å². The van der Waals surface area contributed by atoms with E-state index in [1.165, 1.54) is 0 Å². The summed E-state index contributed by atoms with van der Waals surface area (Å²) in [7, 11) is -4.52. The molecule has 176 valence electrons. The lowest BCUT2D eigenvalue weighted by atomic mass is 9.97. The summed E-state index contributed by atoms with van der Waals surface area (Å²) in [6.45, 7) is 1.68. The minimum Gasteiger partial charge on any atom is -0.447 e. The van der Waals surface area contributed by atoms with Crippen LogP contribution in [0.25, 0.3) is 10.9 Å². The zero-order chi connectivity index (χ0) is 23.8. The Balaban J connectivity index is 2.31. The van der Waals surface area contributed by atoms with Crippen LogP contribution in [0.3, 0.4) is 0 Å². The minimum atomic E-state index is -4.80. The number of carbonyl (C=O) groups excluding carboxylic acids is 1. The van der Waals surface area contributed by atoms with Gasteiger partial charge in [-0.3, -0.25) is 4.79 Å². The van der Waals surface area contributed by atoms with Crippen molar-refractivity contribution in [2.24, 2.45) is 0 Å². The van der Waals surface area contributed by atoms with E-state index in [1.807, 2.05) is 4.98 Å². The molecule has 2 heterocycles. The van der Waals surface area contributed by atoms with Crippen molar-refractivity contribution in [2.45, 2.75) is 38.5 Å². The molecule has 14 heteroatoms. The van der Waals surface area contributed by atoms with Crippen molar-refractivity contribution in [3.63, 3.8) is 0 Å². The molecule has 2 aromatic rings. The van der Waals surface area contributed by atoms with Crippen LogP contribution in [-0.4, -0.2) is 43.6 Å². The van der Waals surface area contributed by atoms with Crippen molar-refractivity contribution < 1.29 is 35.9 Å². The number of fused-ring (bicyclic) bond motifs is 1. The fourth-order valence-corrected chi connectivity index (χ4v) is 4.15. The molecule has 1 aromatic carbocycles. The van der Waals surface area contributed by atoms with Crippen LogP contribution in [0.5, 0.6) is 0 Å². The third kappa shape index (κ3) is 4.50. The van der Waals surface area contributed by atoms with Gasteiger partial charge in [0.05, 0.1) is 35.4 Å². The van der Waals surface area contributed by atoms with Crippen LogP contribution in [0.15, 0.2) is 21.7 Å². The molecule has 1 unspecified atom stereocenters. The Bertz CT molecular complexity index is 1260. The van der Waals surface area contributed by atoms with Gasteiger partial charge in [0.15, 0.2) is 0 Å². The quantitative estimate of drug-likeness (QED) is 0.695. The van der Waals surface area contributed by atoms with E-state index in [9.17, 15) is 36.0 Å². The topological polar surface area (TPSA) is 128 Å². The molecule has 1 aromatic heterocycles. The number of hydrogen-bond acceptors (Lipinski definition) is 7. The number of aromatic nitrogens is 2. The highest BCUT2D eigenvalue weighted by atomic mass is 32.2. The molecule has 1 N–H and O–H groups in total. The maximum absolute atomic E-state index is 13.6. The number of carbonyl (C=O) groups is 1. The van der Waals surface area contributed by atoms with E-state index >= 15 is 0 Å². The van der Waals surface area contributed by atoms with Gasteiger partial charge < -0.3 is 14.5 Å². The first-order valence-corrected chi connectivity index (χ1v) is 11.4. The number of nitrogens with zero attached hydrogens (tertiary/aromatic N) is 2. The van der Waals surface area contributed by atoms with Crippen LogP contribution in [0.4, 0.5) is 18.0 Å². The molecule has 0 saturated carbocycles. The van der Waals surface area contributed by atoms with Gasteiger partial charge in [-0.2, -0.15) is 13.2 Å². The number of benzene rings is 1. The summed E-state index contributed by atoms with van der Waals surface area (Å²) in [5.41, 5.74) is -4.62. The fraction of sp³-hybridized carbons (Fsp3) is 0.500. The van der Waals surface area contributed by atoms with Crippen molar-refractivity contribution in [2.75, 3.05) is 23.9 Å². The van der Waals surface area contributed by atoms with E-state index in [0.717, 1.165) is 6.07 Å². The normalized spacial score (nSPS) is 17.0. The van der Waals surface area contributed by atoms with Gasteiger partial charge in [0.2, 0.25) is 0 Å². The van der Waals surface area contributed by atoms with Crippen LogP contribution in [0.2, 0.25) is 0 Å². The third-order valence-electron chi connectivity index (χ3n) is 4.71. The maximum atomic E-state index is 13.6. The number of aromatic amines is 1. The highest BCUT2D eigenvalue weighted by molar-refractivity contribution is 7.92. The molecule has 1 fully saturated rings. The average Bonchev–Trinajstić information content (AvgIpc) is 3.21. The molecule has 0 aliphatic carbocycles. The van der Waals surface area contributed by atoms with Crippen LogP contribution >= 0.6 is 0 Å². The molecule has 1 saturated heterocycles. The summed E-state index contributed by atoms with van der Waals surface area (Å²) in [5, 5.41) is -0.431. The molecule has 32 heavy (non-hydrogen) atoms. The monoisotopic (exact) mass is 479 g/mol. The highest BCUT2D eigenvalue weighted by Gasteiger charge is 2.38. The SMILES string of the molecule is CCCOC(=O)N(n1c(=O)[nH]c2cc(C(F)(F)F)c(C3CCCO3)cc2c1=O)S(C)(=O)=O. The van der Waals surface area contributed by atoms with Gasteiger partial charge in [-0.1, -0.05) is 11.3 Å². The zero-order valence-corrected chi connectivity index (χ0v) is 17.9. The van der Waals surface area contributed by atoms with Crippen molar-refractivity contribution in [3.8, 4) is 0 Å². The summed E-state index contributed by atoms with van der Waals surface area (Å²) in [4.78, 5) is 39.9. The van der Waals surface area contributed by atoms with Crippen LogP contribution < -0.4 is 15.7 Å². The Morgan fingerprint density at radius 3 is 2.56 bits per heavy atom. The first-order valence-electron chi connectivity index (χ1n) is 9.55. The van der Waals surface area contributed by atoms with Gasteiger partial charge >= 0.3 is 18.0 Å². The lowest BCUT2D eigenvalue weighted by Gasteiger charge is -2.21. The molecule has 1 atom stereocenters. The number of rotatable bonds is 5. The van der Waals surface area contributed by atoms with E-state index in [4.69, 9.17) is 9.47 Å². The first kappa shape index (κ1) is 23.8. The fourth-order valence-electron chi connectivity index (χ4n) is 3.38. The molecule has 1 aliphatic heterocycles. The molecule has 3 rings (SSSR count). The number of nitrogens with one attached hydrogen (secondary N) is 1. The predicted molar refractivity (Wildman–Crippen MR) is 106 cm³/mol. The Hall–Kier alpha value is -2.87. The minimum absolute atomic E-state index is 0.0117. The molecular formula is C18H20F3N3O7S. The molecule has 0 radical (unpaired) electrons. The second-order valence-corrected chi connectivity index (χ2v) is 8.96. The second-order valence-electron chi connectivity index (χ2n) is 7.15. The molecule has 0 spiro atoms. The zero-order valence-electron chi connectivity index (χ0n) is 17.1. The van der Waals surface area contributed by atoms with Crippen molar-refractivity contribution >= 4 is 27.0 Å². The Morgan fingerprint density at radius 1 is 1.34 bits per heavy atom. The third-order valence-corrected chi connectivity index (χ3v) is 5.65. The summed E-state index contributed by atoms with van der Waals surface area (Å²) in [5.74, 6) is 0. The number of alkyl halides is 3. The van der Waals surface area contributed by atoms with Crippen LogP contribution in [-0.2, 0) is 25.7 Å². The lowest BCUT2D eigenvalue weighted by molar-refractivity contribution is -0.139. The van der Waals surface area contributed by atoms with Gasteiger partial charge in [0, 0.05) is 6.61 Å². The van der Waals surface area contributed by atoms with Gasteiger partial charge in [-0.05, 0) is 37.0 Å². The average molecular weight is 479 g/mol. The number of ether oxygens (including phenoxy) is 2. The summed E-state index contributed by atoms with van der Waals surface area (Å²) in [6.07, 6.45) is -5.54. The lowest BCUT2D eigenvalue weighted by Crippen LogP contribution is -2.56. The predicted octanol–water partition coefficient (Wildman–Crippen LogP) is 2.00. The molecule has 1 aliphatic rings. The maximum Gasteiger partial charge on any atom is 0.444 e. The van der Waals surface area contributed by atoms with Gasteiger partial charge in [0.25, 0.3) is 15.6 Å². The van der Waals surface area contributed by atoms with Crippen LogP contribution in [0, 0.1) is 0 Å². The number of halogens is 3. The molecule has 10 nitrogen and oxygen atoms in total. The smallest absolute Gasteiger partial charge is 0.444 e. The van der Waals surface area contributed by atoms with E-state index in [-0.39, 0.29) is 34.3 Å². The first-order chi connectivity index (χ1) is 14.9. The highest BCUT2D eigenvalue weighted by Crippen LogP contribution is 2.40. The van der Waals surface area contributed by atoms with Gasteiger partial charge in [-0.25, -0.2) is 18.0 Å². The number of sulfonamides is 1. The van der Waals surface area contributed by atoms with Gasteiger partial charge in [0.1, 0.15) is 0 Å². The van der Waals surface area contributed by atoms with E-state index in [0.29, 0.717) is 25.2 Å².